The van der Waals surface area contributed by atoms with Crippen LogP contribution < -0.4 is 5.32 Å². The summed E-state index contributed by atoms with van der Waals surface area (Å²) in [4.78, 5) is 15.3. The van der Waals surface area contributed by atoms with Gasteiger partial charge in [-0.3, -0.25) is 9.69 Å². The van der Waals surface area contributed by atoms with Gasteiger partial charge in [0.1, 0.15) is 6.04 Å². The van der Waals surface area contributed by atoms with Crippen LogP contribution in [0.1, 0.15) is 24.0 Å². The number of carbonyl (C=O) groups excluding carboxylic acids is 1. The molecule has 2 saturated heterocycles. The molecule has 0 saturated carbocycles. The van der Waals surface area contributed by atoms with E-state index in [0.29, 0.717) is 31.0 Å². The van der Waals surface area contributed by atoms with Crippen LogP contribution in [-0.2, 0) is 32.6 Å². The van der Waals surface area contributed by atoms with Gasteiger partial charge in [-0.2, -0.15) is 4.31 Å². The van der Waals surface area contributed by atoms with Gasteiger partial charge in [0.05, 0.1) is 18.1 Å². The molecule has 7 nitrogen and oxygen atoms in total. The summed E-state index contributed by atoms with van der Waals surface area (Å²) in [5, 5.41) is 3.38. The second kappa shape index (κ2) is 10.3. The van der Waals surface area contributed by atoms with E-state index in [-0.39, 0.29) is 10.8 Å². The van der Waals surface area contributed by atoms with Gasteiger partial charge < -0.3 is 10.1 Å². The first-order chi connectivity index (χ1) is 15.4. The molecule has 0 aliphatic carbocycles. The summed E-state index contributed by atoms with van der Waals surface area (Å²) in [6.45, 7) is 5.01. The van der Waals surface area contributed by atoms with Crippen LogP contribution in [0.5, 0.6) is 0 Å². The molecule has 0 spiro atoms. The fraction of sp³-hybridized carbons (Fsp3) is 0.435. The van der Waals surface area contributed by atoms with Crippen molar-refractivity contribution in [2.75, 3.05) is 32.8 Å². The van der Waals surface area contributed by atoms with Crippen LogP contribution in [0.4, 0.5) is 0 Å². The van der Waals surface area contributed by atoms with E-state index < -0.39 is 16.1 Å². The lowest BCUT2D eigenvalue weighted by Gasteiger charge is -2.26. The van der Waals surface area contributed by atoms with Crippen molar-refractivity contribution in [1.29, 1.82) is 0 Å². The standard InChI is InChI=1S/C23H28ClN3O4S/c24-20-7-9-21(10-8-20)32(29,30)27-11-1-2-22(27)23(28)25-16-18-3-5-19(6-4-18)17-26-12-14-31-15-13-26/h3-10,22H,1-2,11-17H2,(H,25,28)/t22-/m1/s1. The molecule has 32 heavy (non-hydrogen) atoms. The van der Waals surface area contributed by atoms with Gasteiger partial charge in [-0.1, -0.05) is 35.9 Å². The van der Waals surface area contributed by atoms with Crippen LogP contribution in [0, 0.1) is 0 Å². The zero-order chi connectivity index (χ0) is 22.6. The highest BCUT2D eigenvalue weighted by Crippen LogP contribution is 2.27. The van der Waals surface area contributed by atoms with Crippen molar-refractivity contribution in [3.8, 4) is 0 Å². The topological polar surface area (TPSA) is 79.0 Å². The monoisotopic (exact) mass is 477 g/mol. The molecule has 4 rings (SSSR count). The molecule has 1 N–H and O–H groups in total. The van der Waals surface area contributed by atoms with E-state index in [0.717, 1.165) is 38.4 Å². The van der Waals surface area contributed by atoms with E-state index in [1.807, 2.05) is 12.1 Å². The Morgan fingerprint density at radius 1 is 1.00 bits per heavy atom. The minimum absolute atomic E-state index is 0.150. The maximum absolute atomic E-state index is 13.0. The first-order valence-corrected chi connectivity index (χ1v) is 12.7. The quantitative estimate of drug-likeness (QED) is 0.663. The van der Waals surface area contributed by atoms with Gasteiger partial charge in [0.25, 0.3) is 0 Å². The molecule has 2 heterocycles. The summed E-state index contributed by atoms with van der Waals surface area (Å²) in [6, 6.07) is 13.5. The molecule has 2 aliphatic rings. The normalized spacial score (nSPS) is 20.3. The molecule has 9 heteroatoms. The van der Waals surface area contributed by atoms with Crippen molar-refractivity contribution in [3.63, 3.8) is 0 Å². The van der Waals surface area contributed by atoms with Crippen molar-refractivity contribution < 1.29 is 17.9 Å². The van der Waals surface area contributed by atoms with Crippen molar-refractivity contribution in [3.05, 3.63) is 64.7 Å². The lowest BCUT2D eigenvalue weighted by atomic mass is 10.1. The summed E-state index contributed by atoms with van der Waals surface area (Å²) >= 11 is 5.88. The second-order valence-electron chi connectivity index (χ2n) is 8.15. The number of hydrogen-bond acceptors (Lipinski definition) is 5. The maximum Gasteiger partial charge on any atom is 0.243 e. The predicted molar refractivity (Wildman–Crippen MR) is 123 cm³/mol. The van der Waals surface area contributed by atoms with E-state index in [1.165, 1.54) is 22.0 Å². The first kappa shape index (κ1) is 23.2. The molecule has 1 atom stereocenters. The Bertz CT molecular complexity index is 1020. The Kier molecular flexibility index (Phi) is 7.48. The minimum atomic E-state index is -3.75. The molecule has 0 unspecified atom stereocenters. The van der Waals surface area contributed by atoms with Gasteiger partial charge in [-0.15, -0.1) is 0 Å². The lowest BCUT2D eigenvalue weighted by molar-refractivity contribution is -0.124. The number of amides is 1. The molecule has 2 aliphatic heterocycles. The summed E-state index contributed by atoms with van der Waals surface area (Å²) in [6.07, 6.45) is 1.16. The van der Waals surface area contributed by atoms with Crippen LogP contribution >= 0.6 is 11.6 Å². The average molecular weight is 478 g/mol. The van der Waals surface area contributed by atoms with Gasteiger partial charge in [0.15, 0.2) is 0 Å². The number of nitrogens with one attached hydrogen (secondary N) is 1. The van der Waals surface area contributed by atoms with Gasteiger partial charge >= 0.3 is 0 Å². The van der Waals surface area contributed by atoms with Crippen LogP contribution in [0.3, 0.4) is 0 Å². The van der Waals surface area contributed by atoms with Crippen LogP contribution in [0.25, 0.3) is 0 Å². The fourth-order valence-corrected chi connectivity index (χ4v) is 5.90. The summed E-state index contributed by atoms with van der Waals surface area (Å²) in [5.74, 6) is -0.266. The smallest absolute Gasteiger partial charge is 0.243 e. The third kappa shape index (κ3) is 5.50. The number of halogens is 1. The van der Waals surface area contributed by atoms with Gasteiger partial charge in [-0.25, -0.2) is 8.42 Å². The van der Waals surface area contributed by atoms with Crippen LogP contribution in [-0.4, -0.2) is 62.4 Å². The molecular weight excluding hydrogens is 450 g/mol. The molecule has 172 valence electrons. The van der Waals surface area contributed by atoms with Gasteiger partial charge in [-0.05, 0) is 48.2 Å². The second-order valence-corrected chi connectivity index (χ2v) is 10.5. The number of morpholine rings is 1. The third-order valence-electron chi connectivity index (χ3n) is 5.93. The minimum Gasteiger partial charge on any atom is -0.379 e. The molecule has 2 aromatic rings. The predicted octanol–water partition coefficient (Wildman–Crippen LogP) is 2.64. The number of sulfonamides is 1. The Morgan fingerprint density at radius 2 is 1.66 bits per heavy atom. The van der Waals surface area contributed by atoms with Crippen LogP contribution in [0.15, 0.2) is 53.4 Å². The summed E-state index contributed by atoms with van der Waals surface area (Å²) in [7, 11) is -3.75. The molecule has 1 amide bonds. The van der Waals surface area contributed by atoms with E-state index in [4.69, 9.17) is 16.3 Å². The zero-order valence-electron chi connectivity index (χ0n) is 17.9. The van der Waals surface area contributed by atoms with E-state index in [1.54, 1.807) is 12.1 Å². The molecule has 0 radical (unpaired) electrons. The van der Waals surface area contributed by atoms with Crippen molar-refractivity contribution in [1.82, 2.24) is 14.5 Å². The van der Waals surface area contributed by atoms with E-state index in [2.05, 4.69) is 22.3 Å². The number of hydrogen-bond donors (Lipinski definition) is 1. The molecule has 0 bridgehead atoms. The first-order valence-electron chi connectivity index (χ1n) is 10.9. The number of rotatable bonds is 7. The molecule has 2 aromatic carbocycles. The largest absolute Gasteiger partial charge is 0.379 e. The highest BCUT2D eigenvalue weighted by molar-refractivity contribution is 7.89. The van der Waals surface area contributed by atoms with Crippen molar-refractivity contribution >= 4 is 27.5 Å². The SMILES string of the molecule is O=C(NCc1ccc(CN2CCOCC2)cc1)[C@H]1CCCN1S(=O)(=O)c1ccc(Cl)cc1. The van der Waals surface area contributed by atoms with Gasteiger partial charge in [0.2, 0.25) is 15.9 Å². The zero-order valence-corrected chi connectivity index (χ0v) is 19.4. The summed E-state index contributed by atoms with van der Waals surface area (Å²) in [5.41, 5.74) is 2.20. The summed E-state index contributed by atoms with van der Waals surface area (Å²) < 4.78 is 32.7. The Morgan fingerprint density at radius 3 is 2.34 bits per heavy atom. The van der Waals surface area contributed by atoms with Crippen LogP contribution in [0.2, 0.25) is 5.02 Å². The van der Waals surface area contributed by atoms with Gasteiger partial charge in [0, 0.05) is 37.7 Å². The van der Waals surface area contributed by atoms with Crippen molar-refractivity contribution in [2.24, 2.45) is 0 Å². The number of ether oxygens (including phenoxy) is 1. The van der Waals surface area contributed by atoms with Crippen molar-refractivity contribution in [2.45, 2.75) is 36.9 Å². The number of benzene rings is 2. The molecular formula is C23H28ClN3O4S. The third-order valence-corrected chi connectivity index (χ3v) is 8.10. The highest BCUT2D eigenvalue weighted by atomic mass is 35.5. The molecule has 0 aromatic heterocycles. The Hall–Kier alpha value is -1.97. The van der Waals surface area contributed by atoms with E-state index >= 15 is 0 Å². The average Bonchev–Trinajstić information content (AvgIpc) is 3.31. The number of carbonyl (C=O) groups is 1. The Balaban J connectivity index is 1.34. The highest BCUT2D eigenvalue weighted by Gasteiger charge is 2.39. The molecule has 2 fully saturated rings. The fourth-order valence-electron chi connectivity index (χ4n) is 4.12. The lowest BCUT2D eigenvalue weighted by Crippen LogP contribution is -2.45. The number of nitrogens with zero attached hydrogens (tertiary/aromatic N) is 2. The van der Waals surface area contributed by atoms with E-state index in [9.17, 15) is 13.2 Å². The Labute approximate surface area is 194 Å². The maximum atomic E-state index is 13.0.